The van der Waals surface area contributed by atoms with E-state index in [9.17, 15) is 24.9 Å². The predicted octanol–water partition coefficient (Wildman–Crippen LogP) is 1.03. The normalized spacial score (nSPS) is 58.0. The van der Waals surface area contributed by atoms with Gasteiger partial charge in [-0.2, -0.15) is 0 Å². The summed E-state index contributed by atoms with van der Waals surface area (Å²) in [5.41, 5.74) is -3.29. The van der Waals surface area contributed by atoms with Crippen molar-refractivity contribution in [1.82, 2.24) is 0 Å². The second-order valence-electron chi connectivity index (χ2n) is 8.94. The van der Waals surface area contributed by atoms with Crippen LogP contribution in [0.4, 0.5) is 0 Å². The van der Waals surface area contributed by atoms with Gasteiger partial charge in [0.1, 0.15) is 11.0 Å². The van der Waals surface area contributed by atoms with E-state index in [2.05, 4.69) is 6.58 Å². The summed E-state index contributed by atoms with van der Waals surface area (Å²) in [5.74, 6) is -3.18. The lowest BCUT2D eigenvalue weighted by molar-refractivity contribution is -0.163. The summed E-state index contributed by atoms with van der Waals surface area (Å²) < 4.78 is 5.87. The molecule has 3 saturated carbocycles. The number of carboxylic acids is 1. The van der Waals surface area contributed by atoms with E-state index >= 15 is 0 Å². The van der Waals surface area contributed by atoms with Crippen molar-refractivity contribution in [1.29, 1.82) is 0 Å². The smallest absolute Gasteiger partial charge is 0.316 e. The van der Waals surface area contributed by atoms with Crippen molar-refractivity contribution in [3.8, 4) is 0 Å². The molecule has 1 spiro atoms. The Labute approximate surface area is 145 Å². The van der Waals surface area contributed by atoms with Crippen LogP contribution in [-0.4, -0.2) is 44.6 Å². The van der Waals surface area contributed by atoms with E-state index in [-0.39, 0.29) is 5.92 Å². The van der Waals surface area contributed by atoms with Gasteiger partial charge in [0.2, 0.25) is 0 Å². The van der Waals surface area contributed by atoms with Crippen molar-refractivity contribution >= 4 is 11.9 Å². The Hall–Kier alpha value is -1.66. The van der Waals surface area contributed by atoms with Gasteiger partial charge >= 0.3 is 11.9 Å². The van der Waals surface area contributed by atoms with Gasteiger partial charge in [-0.25, -0.2) is 0 Å². The summed E-state index contributed by atoms with van der Waals surface area (Å²) in [6.45, 7) is 5.64. The molecule has 4 fully saturated rings. The molecule has 0 aromatic carbocycles. The monoisotopic (exact) mass is 346 g/mol. The average Bonchev–Trinajstić information content (AvgIpc) is 2.95. The summed E-state index contributed by atoms with van der Waals surface area (Å²) >= 11 is 0. The molecule has 134 valence electrons. The molecule has 3 N–H and O–H groups in total. The largest absolute Gasteiger partial charge is 0.481 e. The van der Waals surface area contributed by atoms with E-state index in [4.69, 9.17) is 4.74 Å². The zero-order valence-electron chi connectivity index (χ0n) is 14.1. The molecule has 6 heteroatoms. The van der Waals surface area contributed by atoms with Crippen LogP contribution in [0.1, 0.15) is 32.6 Å². The first-order valence-corrected chi connectivity index (χ1v) is 8.86. The molecule has 4 bridgehead atoms. The van der Waals surface area contributed by atoms with Crippen LogP contribution in [0.25, 0.3) is 0 Å². The molecule has 0 aromatic heterocycles. The van der Waals surface area contributed by atoms with E-state index in [1.165, 1.54) is 0 Å². The van der Waals surface area contributed by atoms with Gasteiger partial charge in [0.15, 0.2) is 0 Å². The molecule has 1 saturated heterocycles. The molecular formula is C19H22O6. The summed E-state index contributed by atoms with van der Waals surface area (Å²) in [4.78, 5) is 25.1. The average molecular weight is 346 g/mol. The zero-order valence-corrected chi connectivity index (χ0v) is 14.1. The Morgan fingerprint density at radius 1 is 1.44 bits per heavy atom. The van der Waals surface area contributed by atoms with E-state index in [0.717, 1.165) is 0 Å². The van der Waals surface area contributed by atoms with Crippen LogP contribution in [0.3, 0.4) is 0 Å². The molecule has 0 radical (unpaired) electrons. The molecular weight excluding hydrogens is 324 g/mol. The first-order chi connectivity index (χ1) is 11.6. The lowest BCUT2D eigenvalue weighted by atomic mass is 9.61. The number of rotatable bonds is 1. The van der Waals surface area contributed by atoms with Gasteiger partial charge in [-0.3, -0.25) is 9.59 Å². The Bertz CT molecular complexity index is 772. The zero-order chi connectivity index (χ0) is 18.0. The van der Waals surface area contributed by atoms with Gasteiger partial charge in [0.05, 0.1) is 17.6 Å². The van der Waals surface area contributed by atoms with Crippen LogP contribution in [0, 0.1) is 28.6 Å². The molecule has 25 heavy (non-hydrogen) atoms. The van der Waals surface area contributed by atoms with Gasteiger partial charge in [0.25, 0.3) is 0 Å². The highest BCUT2D eigenvalue weighted by Crippen LogP contribution is 2.77. The molecule has 1 aliphatic heterocycles. The van der Waals surface area contributed by atoms with E-state index in [1.807, 2.05) is 0 Å². The summed E-state index contributed by atoms with van der Waals surface area (Å²) in [6, 6.07) is 0. The third-order valence-electron chi connectivity index (χ3n) is 8.12. The first-order valence-electron chi connectivity index (χ1n) is 8.86. The fourth-order valence-corrected chi connectivity index (χ4v) is 7.13. The highest BCUT2D eigenvalue weighted by molar-refractivity contribution is 5.86. The Balaban J connectivity index is 1.78. The molecule has 5 rings (SSSR count). The number of carbonyl (C=O) groups is 2. The SMILES string of the molecule is C=C1C[C@@]23C[C@@]1(O)CC[C@@H]2[C@]12C=C[C@@H](O)[C@](C)(C(=O)O1)[C@@H]2[C@@H]3C(=O)O. The van der Waals surface area contributed by atoms with E-state index in [1.54, 1.807) is 19.1 Å². The van der Waals surface area contributed by atoms with Crippen molar-refractivity contribution < 1.29 is 29.6 Å². The van der Waals surface area contributed by atoms with Gasteiger partial charge in [-0.15, -0.1) is 0 Å². The Morgan fingerprint density at radius 3 is 2.84 bits per heavy atom. The molecule has 5 aliphatic rings. The van der Waals surface area contributed by atoms with Gasteiger partial charge in [-0.1, -0.05) is 12.7 Å². The quantitative estimate of drug-likeness (QED) is 0.484. The topological polar surface area (TPSA) is 104 Å². The summed E-state index contributed by atoms with van der Waals surface area (Å²) in [7, 11) is 0. The second kappa shape index (κ2) is 4.01. The number of fused-ring (bicyclic) bond motifs is 1. The number of hydrogen-bond acceptors (Lipinski definition) is 5. The van der Waals surface area contributed by atoms with E-state index < -0.39 is 51.9 Å². The van der Waals surface area contributed by atoms with Gasteiger partial charge in [0, 0.05) is 11.8 Å². The molecule has 0 amide bonds. The maximum atomic E-state index is 12.7. The van der Waals surface area contributed by atoms with Gasteiger partial charge < -0.3 is 20.1 Å². The van der Waals surface area contributed by atoms with Crippen LogP contribution in [-0.2, 0) is 14.3 Å². The highest BCUT2D eigenvalue weighted by Gasteiger charge is 2.83. The fourth-order valence-electron chi connectivity index (χ4n) is 7.13. The number of aliphatic hydroxyl groups is 2. The summed E-state index contributed by atoms with van der Waals surface area (Å²) in [5, 5.41) is 31.6. The number of ether oxygens (including phenoxy) is 1. The molecule has 4 aliphatic carbocycles. The molecule has 6 nitrogen and oxygen atoms in total. The number of hydrogen-bond donors (Lipinski definition) is 3. The standard InChI is InChI=1S/C19H22O6/c1-9-7-17-8-18(9,24)5-3-10(17)19-6-4-11(20)16(2,15(23)25-19)13(19)12(17)14(21)22/h4,6,10-13,20,24H,1,3,5,7-8H2,2H3,(H,21,22)/t10-,11+,12+,13-,16-,17+,18-,19-/m0/s1. The van der Waals surface area contributed by atoms with Crippen molar-refractivity contribution in [2.45, 2.75) is 49.9 Å². The molecule has 0 aromatic rings. The summed E-state index contributed by atoms with van der Waals surface area (Å²) in [6.07, 6.45) is 4.11. The highest BCUT2D eigenvalue weighted by atomic mass is 16.6. The Morgan fingerprint density at radius 2 is 2.16 bits per heavy atom. The minimum Gasteiger partial charge on any atom is -0.481 e. The van der Waals surface area contributed by atoms with Crippen LogP contribution in [0.5, 0.6) is 0 Å². The fraction of sp³-hybridized carbons (Fsp3) is 0.684. The minimum atomic E-state index is -1.27. The number of esters is 1. The molecule has 1 heterocycles. The van der Waals surface area contributed by atoms with Crippen molar-refractivity contribution in [2.24, 2.45) is 28.6 Å². The van der Waals surface area contributed by atoms with Crippen LogP contribution in [0.15, 0.2) is 24.3 Å². The maximum Gasteiger partial charge on any atom is 0.316 e. The Kier molecular flexibility index (Phi) is 2.50. The van der Waals surface area contributed by atoms with E-state index in [0.29, 0.717) is 31.3 Å². The van der Waals surface area contributed by atoms with Crippen molar-refractivity contribution in [3.05, 3.63) is 24.3 Å². The molecule has 8 atom stereocenters. The number of aliphatic hydroxyl groups excluding tert-OH is 1. The van der Waals surface area contributed by atoms with Crippen LogP contribution < -0.4 is 0 Å². The molecule has 0 unspecified atom stereocenters. The minimum absolute atomic E-state index is 0.180. The van der Waals surface area contributed by atoms with Gasteiger partial charge in [-0.05, 0) is 49.7 Å². The number of carboxylic acid groups (broad SMARTS) is 1. The second-order valence-corrected chi connectivity index (χ2v) is 8.94. The van der Waals surface area contributed by atoms with Crippen LogP contribution >= 0.6 is 0 Å². The number of aliphatic carboxylic acids is 1. The number of carbonyl (C=O) groups excluding carboxylic acids is 1. The third-order valence-corrected chi connectivity index (χ3v) is 8.12. The third kappa shape index (κ3) is 1.36. The predicted molar refractivity (Wildman–Crippen MR) is 85.2 cm³/mol. The lowest BCUT2D eigenvalue weighted by Crippen LogP contribution is -2.50. The first kappa shape index (κ1) is 15.6. The lowest BCUT2D eigenvalue weighted by Gasteiger charge is -2.44. The van der Waals surface area contributed by atoms with Crippen molar-refractivity contribution in [2.75, 3.05) is 0 Å². The van der Waals surface area contributed by atoms with Crippen LogP contribution in [0.2, 0.25) is 0 Å². The van der Waals surface area contributed by atoms with Crippen molar-refractivity contribution in [3.63, 3.8) is 0 Å². The maximum absolute atomic E-state index is 12.7.